The van der Waals surface area contributed by atoms with Crippen LogP contribution in [0.4, 0.5) is 5.69 Å². The van der Waals surface area contributed by atoms with Crippen molar-refractivity contribution in [3.05, 3.63) is 24.0 Å². The van der Waals surface area contributed by atoms with Crippen molar-refractivity contribution in [3.8, 4) is 6.07 Å². The first-order valence-electron chi connectivity index (χ1n) is 5.22. The van der Waals surface area contributed by atoms with Crippen LogP contribution in [0.2, 0.25) is 0 Å². The molecule has 6 nitrogen and oxygen atoms in total. The zero-order valence-electron chi connectivity index (χ0n) is 9.17. The Bertz CT molecular complexity index is 469. The van der Waals surface area contributed by atoms with Crippen LogP contribution in [-0.4, -0.2) is 41.6 Å². The van der Waals surface area contributed by atoms with Gasteiger partial charge in [0.1, 0.15) is 5.69 Å². The highest BCUT2D eigenvalue weighted by Crippen LogP contribution is 2.10. The van der Waals surface area contributed by atoms with Gasteiger partial charge in [-0.05, 0) is 12.1 Å². The first kappa shape index (κ1) is 11.4. The summed E-state index contributed by atoms with van der Waals surface area (Å²) < 4.78 is 5.17. The van der Waals surface area contributed by atoms with Crippen molar-refractivity contribution in [2.45, 2.75) is 6.10 Å². The van der Waals surface area contributed by atoms with Gasteiger partial charge in [0.2, 0.25) is 0 Å². The Hall–Kier alpha value is -2.13. The quantitative estimate of drug-likeness (QED) is 0.737. The molecule has 0 aliphatic carbocycles. The number of carbonyl (C=O) groups is 1. The Morgan fingerprint density at radius 1 is 1.71 bits per heavy atom. The molecule has 6 heteroatoms. The molecular weight excluding hydrogens is 220 g/mol. The average molecular weight is 232 g/mol. The third kappa shape index (κ3) is 2.52. The molecule has 0 radical (unpaired) electrons. The number of morpholine rings is 1. The second kappa shape index (κ2) is 4.80. The highest BCUT2D eigenvalue weighted by Gasteiger charge is 2.25. The number of hydrogen-bond acceptors (Lipinski definition) is 5. The number of carbonyl (C=O) groups excluding carboxylic acids is 1. The summed E-state index contributed by atoms with van der Waals surface area (Å²) in [6, 6.07) is 5.14. The van der Waals surface area contributed by atoms with Gasteiger partial charge in [0.15, 0.2) is 6.10 Å². The van der Waals surface area contributed by atoms with Crippen molar-refractivity contribution >= 4 is 11.6 Å². The van der Waals surface area contributed by atoms with Crippen LogP contribution in [0.3, 0.4) is 0 Å². The SMILES string of the molecule is N#CC1CN(C(=O)c2cc(N)ccn2)CCO1. The Balaban J connectivity index is 2.12. The Morgan fingerprint density at radius 3 is 3.24 bits per heavy atom. The molecule has 2 heterocycles. The van der Waals surface area contributed by atoms with E-state index in [1.807, 2.05) is 6.07 Å². The van der Waals surface area contributed by atoms with Crippen LogP contribution in [0.1, 0.15) is 10.5 Å². The summed E-state index contributed by atoms with van der Waals surface area (Å²) in [6.45, 7) is 1.10. The van der Waals surface area contributed by atoms with E-state index >= 15 is 0 Å². The second-order valence-electron chi connectivity index (χ2n) is 3.71. The molecule has 1 atom stereocenters. The van der Waals surface area contributed by atoms with E-state index in [0.29, 0.717) is 24.5 Å². The number of nitrogens with two attached hydrogens (primary N) is 1. The van der Waals surface area contributed by atoms with E-state index in [4.69, 9.17) is 15.7 Å². The molecule has 1 amide bonds. The van der Waals surface area contributed by atoms with Crippen LogP contribution in [0.15, 0.2) is 18.3 Å². The molecule has 88 valence electrons. The number of nitrogens with zero attached hydrogens (tertiary/aromatic N) is 3. The van der Waals surface area contributed by atoms with Gasteiger partial charge in [-0.25, -0.2) is 0 Å². The fourth-order valence-electron chi connectivity index (χ4n) is 1.64. The number of pyridine rings is 1. The van der Waals surface area contributed by atoms with Gasteiger partial charge in [-0.2, -0.15) is 5.26 Å². The Labute approximate surface area is 98.6 Å². The number of aromatic nitrogens is 1. The van der Waals surface area contributed by atoms with Gasteiger partial charge in [-0.1, -0.05) is 0 Å². The molecular formula is C11H12N4O2. The number of amides is 1. The zero-order chi connectivity index (χ0) is 12.3. The van der Waals surface area contributed by atoms with E-state index in [1.165, 1.54) is 12.3 Å². The number of rotatable bonds is 1. The molecule has 2 rings (SSSR count). The fourth-order valence-corrected chi connectivity index (χ4v) is 1.64. The van der Waals surface area contributed by atoms with E-state index in [-0.39, 0.29) is 12.5 Å². The predicted molar refractivity (Wildman–Crippen MR) is 59.9 cm³/mol. The normalized spacial score (nSPS) is 19.7. The van der Waals surface area contributed by atoms with Crippen molar-refractivity contribution in [1.29, 1.82) is 5.26 Å². The first-order valence-corrected chi connectivity index (χ1v) is 5.22. The fraction of sp³-hybridized carbons (Fsp3) is 0.364. The molecule has 2 N–H and O–H groups in total. The summed E-state index contributed by atoms with van der Waals surface area (Å²) in [4.78, 5) is 17.6. The maximum absolute atomic E-state index is 12.1. The van der Waals surface area contributed by atoms with Gasteiger partial charge in [-0.3, -0.25) is 9.78 Å². The van der Waals surface area contributed by atoms with Crippen LogP contribution in [-0.2, 0) is 4.74 Å². The molecule has 1 unspecified atom stereocenters. The molecule has 17 heavy (non-hydrogen) atoms. The summed E-state index contributed by atoms with van der Waals surface area (Å²) in [7, 11) is 0. The van der Waals surface area contributed by atoms with Crippen molar-refractivity contribution in [1.82, 2.24) is 9.88 Å². The molecule has 0 spiro atoms. The zero-order valence-corrected chi connectivity index (χ0v) is 9.17. The molecule has 0 aromatic carbocycles. The Kier molecular flexibility index (Phi) is 3.21. The maximum Gasteiger partial charge on any atom is 0.272 e. The lowest BCUT2D eigenvalue weighted by molar-refractivity contribution is 0.00320. The molecule has 0 bridgehead atoms. The number of anilines is 1. The van der Waals surface area contributed by atoms with E-state index in [0.717, 1.165) is 0 Å². The predicted octanol–water partition coefficient (Wildman–Crippen LogP) is 0.0284. The first-order chi connectivity index (χ1) is 8.20. The summed E-state index contributed by atoms with van der Waals surface area (Å²) >= 11 is 0. The monoisotopic (exact) mass is 232 g/mol. The molecule has 1 aliphatic heterocycles. The highest BCUT2D eigenvalue weighted by molar-refractivity contribution is 5.93. The lowest BCUT2D eigenvalue weighted by atomic mass is 10.2. The van der Waals surface area contributed by atoms with Gasteiger partial charge < -0.3 is 15.4 Å². The lowest BCUT2D eigenvalue weighted by Gasteiger charge is -2.29. The number of hydrogen-bond donors (Lipinski definition) is 1. The van der Waals surface area contributed by atoms with Gasteiger partial charge >= 0.3 is 0 Å². The maximum atomic E-state index is 12.1. The van der Waals surface area contributed by atoms with Crippen molar-refractivity contribution in [2.24, 2.45) is 0 Å². The van der Waals surface area contributed by atoms with Gasteiger partial charge in [-0.15, -0.1) is 0 Å². The highest BCUT2D eigenvalue weighted by atomic mass is 16.5. The van der Waals surface area contributed by atoms with Crippen LogP contribution >= 0.6 is 0 Å². The third-order valence-electron chi connectivity index (χ3n) is 2.50. The van der Waals surface area contributed by atoms with E-state index in [9.17, 15) is 4.79 Å². The summed E-state index contributed by atoms with van der Waals surface area (Å²) in [5, 5.41) is 8.76. The van der Waals surface area contributed by atoms with Gasteiger partial charge in [0.05, 0.1) is 19.2 Å². The smallest absolute Gasteiger partial charge is 0.272 e. The minimum atomic E-state index is -0.561. The van der Waals surface area contributed by atoms with Gasteiger partial charge in [0, 0.05) is 18.4 Å². The molecule has 1 aromatic heterocycles. The molecule has 1 aliphatic rings. The minimum absolute atomic E-state index is 0.221. The summed E-state index contributed by atoms with van der Waals surface area (Å²) in [5.41, 5.74) is 6.38. The molecule has 0 saturated carbocycles. The number of nitriles is 1. The van der Waals surface area contributed by atoms with E-state index < -0.39 is 6.10 Å². The van der Waals surface area contributed by atoms with Crippen LogP contribution in [0.5, 0.6) is 0 Å². The number of nitrogen functional groups attached to an aromatic ring is 1. The van der Waals surface area contributed by atoms with Crippen LogP contribution < -0.4 is 5.73 Å². The average Bonchev–Trinajstić information content (AvgIpc) is 2.38. The summed E-state index contributed by atoms with van der Waals surface area (Å²) in [6.07, 6.45) is 0.930. The second-order valence-corrected chi connectivity index (χ2v) is 3.71. The number of ether oxygens (including phenoxy) is 1. The Morgan fingerprint density at radius 2 is 2.53 bits per heavy atom. The van der Waals surface area contributed by atoms with Crippen molar-refractivity contribution in [2.75, 3.05) is 25.4 Å². The third-order valence-corrected chi connectivity index (χ3v) is 2.50. The van der Waals surface area contributed by atoms with Gasteiger partial charge in [0.25, 0.3) is 5.91 Å². The molecule has 1 saturated heterocycles. The van der Waals surface area contributed by atoms with Crippen molar-refractivity contribution in [3.63, 3.8) is 0 Å². The van der Waals surface area contributed by atoms with Crippen molar-refractivity contribution < 1.29 is 9.53 Å². The lowest BCUT2D eigenvalue weighted by Crippen LogP contribution is -2.45. The topological polar surface area (TPSA) is 92.2 Å². The van der Waals surface area contributed by atoms with Crippen LogP contribution in [0, 0.1) is 11.3 Å². The summed E-state index contributed by atoms with van der Waals surface area (Å²) in [5.74, 6) is -0.221. The largest absolute Gasteiger partial charge is 0.399 e. The van der Waals surface area contributed by atoms with E-state index in [1.54, 1.807) is 11.0 Å². The van der Waals surface area contributed by atoms with E-state index in [2.05, 4.69) is 4.98 Å². The van der Waals surface area contributed by atoms with Crippen LogP contribution in [0.25, 0.3) is 0 Å². The molecule has 1 fully saturated rings. The molecule has 1 aromatic rings. The minimum Gasteiger partial charge on any atom is -0.399 e. The standard InChI is InChI=1S/C11H12N4O2/c12-6-9-7-15(3-4-17-9)11(16)10-5-8(13)1-2-14-10/h1-2,5,9H,3-4,7H2,(H2,13,14).